The second-order valence-corrected chi connectivity index (χ2v) is 5.98. The Balaban J connectivity index is 2.15. The van der Waals surface area contributed by atoms with E-state index in [-0.39, 0.29) is 6.10 Å². The number of aromatic nitrogens is 1. The minimum atomic E-state index is -0.870. The first-order chi connectivity index (χ1) is 9.65. The fourth-order valence-corrected chi connectivity index (χ4v) is 3.45. The van der Waals surface area contributed by atoms with Crippen LogP contribution in [0.5, 0.6) is 0 Å². The van der Waals surface area contributed by atoms with Crippen molar-refractivity contribution in [1.29, 1.82) is 0 Å². The van der Waals surface area contributed by atoms with Crippen molar-refractivity contribution in [3.8, 4) is 0 Å². The van der Waals surface area contributed by atoms with Gasteiger partial charge in [0.05, 0.1) is 11.8 Å². The second-order valence-electron chi connectivity index (χ2n) is 5.00. The molecule has 1 unspecified atom stereocenters. The Morgan fingerprint density at radius 1 is 1.55 bits per heavy atom. The topological polar surface area (TPSA) is 62.7 Å². The third-order valence-electron chi connectivity index (χ3n) is 3.47. The first-order valence-electron chi connectivity index (χ1n) is 7.25. The summed E-state index contributed by atoms with van der Waals surface area (Å²) in [6.07, 6.45) is 4.07. The van der Waals surface area contributed by atoms with Crippen molar-refractivity contribution in [2.24, 2.45) is 0 Å². The lowest BCUT2D eigenvalue weighted by Gasteiger charge is -2.23. The van der Waals surface area contributed by atoms with Crippen molar-refractivity contribution in [2.45, 2.75) is 45.6 Å². The Bertz CT molecular complexity index is 455. The van der Waals surface area contributed by atoms with E-state index in [1.807, 2.05) is 6.92 Å². The molecule has 2 rings (SSSR count). The Morgan fingerprint density at radius 3 is 2.90 bits per heavy atom. The van der Waals surface area contributed by atoms with Crippen LogP contribution in [-0.4, -0.2) is 41.9 Å². The van der Waals surface area contributed by atoms with E-state index in [4.69, 9.17) is 4.74 Å². The van der Waals surface area contributed by atoms with Crippen LogP contribution in [0.25, 0.3) is 0 Å². The number of thiazole rings is 1. The van der Waals surface area contributed by atoms with Gasteiger partial charge in [0.2, 0.25) is 0 Å². The van der Waals surface area contributed by atoms with Crippen molar-refractivity contribution in [1.82, 2.24) is 4.98 Å². The maximum atomic E-state index is 11.3. The van der Waals surface area contributed by atoms with Crippen molar-refractivity contribution in [3.63, 3.8) is 0 Å². The fourth-order valence-electron chi connectivity index (χ4n) is 2.42. The van der Waals surface area contributed by atoms with Gasteiger partial charge in [-0.2, -0.15) is 0 Å². The largest absolute Gasteiger partial charge is 0.477 e. The minimum absolute atomic E-state index is 0.252. The Morgan fingerprint density at radius 2 is 2.35 bits per heavy atom. The van der Waals surface area contributed by atoms with Crippen LogP contribution in [0, 0.1) is 0 Å². The molecule has 1 N–H and O–H groups in total. The lowest BCUT2D eigenvalue weighted by atomic mass is 10.2. The van der Waals surface area contributed by atoms with Crippen molar-refractivity contribution in [3.05, 3.63) is 10.6 Å². The number of nitrogens with zero attached hydrogens (tertiary/aromatic N) is 2. The number of carbonyl (C=O) groups is 1. The molecular weight excluding hydrogens is 276 g/mol. The SMILES string of the molecule is CCCc1nc(N(CC)CC2CCCO2)sc1C(=O)O. The molecule has 1 aromatic heterocycles. The highest BCUT2D eigenvalue weighted by Crippen LogP contribution is 2.28. The van der Waals surface area contributed by atoms with E-state index in [9.17, 15) is 9.90 Å². The summed E-state index contributed by atoms with van der Waals surface area (Å²) in [5.74, 6) is -0.870. The molecule has 1 aromatic rings. The predicted molar refractivity (Wildman–Crippen MR) is 79.9 cm³/mol. The van der Waals surface area contributed by atoms with E-state index >= 15 is 0 Å². The van der Waals surface area contributed by atoms with Crippen LogP contribution < -0.4 is 4.90 Å². The average Bonchev–Trinajstić information content (AvgIpc) is 3.05. The van der Waals surface area contributed by atoms with Crippen LogP contribution >= 0.6 is 11.3 Å². The third kappa shape index (κ3) is 3.49. The Hall–Kier alpha value is -1.14. The number of hydrogen-bond donors (Lipinski definition) is 1. The van der Waals surface area contributed by atoms with Crippen LogP contribution in [0.2, 0.25) is 0 Å². The van der Waals surface area contributed by atoms with Crippen molar-refractivity contribution >= 4 is 22.4 Å². The van der Waals surface area contributed by atoms with Crippen LogP contribution in [0.4, 0.5) is 5.13 Å². The number of likely N-dealkylation sites (N-methyl/N-ethyl adjacent to an activating group) is 1. The van der Waals surface area contributed by atoms with Gasteiger partial charge in [-0.15, -0.1) is 0 Å². The maximum Gasteiger partial charge on any atom is 0.347 e. The van der Waals surface area contributed by atoms with E-state index in [1.54, 1.807) is 0 Å². The van der Waals surface area contributed by atoms with Gasteiger partial charge < -0.3 is 14.7 Å². The molecule has 0 saturated carbocycles. The summed E-state index contributed by atoms with van der Waals surface area (Å²) in [6.45, 7) is 6.55. The van der Waals surface area contributed by atoms with Gasteiger partial charge in [0.1, 0.15) is 4.88 Å². The maximum absolute atomic E-state index is 11.3. The van der Waals surface area contributed by atoms with Gasteiger partial charge in [-0.25, -0.2) is 9.78 Å². The molecule has 0 bridgehead atoms. The van der Waals surface area contributed by atoms with E-state index in [1.165, 1.54) is 11.3 Å². The lowest BCUT2D eigenvalue weighted by Crippen LogP contribution is -2.31. The molecule has 0 aromatic carbocycles. The van der Waals surface area contributed by atoms with Crippen LogP contribution in [-0.2, 0) is 11.2 Å². The molecule has 1 atom stereocenters. The summed E-state index contributed by atoms with van der Waals surface area (Å²) >= 11 is 1.28. The number of aryl methyl sites for hydroxylation is 1. The highest BCUT2D eigenvalue weighted by molar-refractivity contribution is 7.17. The molecule has 0 aliphatic carbocycles. The van der Waals surface area contributed by atoms with Crippen LogP contribution in [0.15, 0.2) is 0 Å². The second kappa shape index (κ2) is 7.04. The molecule has 1 saturated heterocycles. The van der Waals surface area contributed by atoms with Crippen molar-refractivity contribution < 1.29 is 14.6 Å². The Labute approximate surface area is 123 Å². The molecule has 2 heterocycles. The minimum Gasteiger partial charge on any atom is -0.477 e. The molecule has 6 heteroatoms. The zero-order chi connectivity index (χ0) is 14.5. The molecule has 20 heavy (non-hydrogen) atoms. The first kappa shape index (κ1) is 15.3. The molecular formula is C14H22N2O3S. The Kier molecular flexibility index (Phi) is 5.37. The molecule has 1 aliphatic heterocycles. The molecule has 112 valence electrons. The van der Waals surface area contributed by atoms with Gasteiger partial charge in [0.15, 0.2) is 5.13 Å². The molecule has 1 aliphatic rings. The summed E-state index contributed by atoms with van der Waals surface area (Å²) in [5.41, 5.74) is 0.714. The lowest BCUT2D eigenvalue weighted by molar-refractivity contribution is 0.0700. The fraction of sp³-hybridized carbons (Fsp3) is 0.714. The van der Waals surface area contributed by atoms with Gasteiger partial charge in [-0.1, -0.05) is 24.7 Å². The number of aromatic carboxylic acids is 1. The van der Waals surface area contributed by atoms with Gasteiger partial charge >= 0.3 is 5.97 Å². The zero-order valence-corrected chi connectivity index (χ0v) is 12.9. The number of hydrogen-bond acceptors (Lipinski definition) is 5. The van der Waals surface area contributed by atoms with Gasteiger partial charge in [-0.05, 0) is 26.2 Å². The summed E-state index contributed by atoms with van der Waals surface area (Å²) < 4.78 is 5.66. The molecule has 0 radical (unpaired) electrons. The summed E-state index contributed by atoms with van der Waals surface area (Å²) in [5, 5.41) is 10.1. The summed E-state index contributed by atoms with van der Waals surface area (Å²) in [7, 11) is 0. The third-order valence-corrected chi connectivity index (χ3v) is 4.61. The van der Waals surface area contributed by atoms with Crippen LogP contribution in [0.3, 0.4) is 0 Å². The zero-order valence-electron chi connectivity index (χ0n) is 12.1. The van der Waals surface area contributed by atoms with Gasteiger partial charge in [0, 0.05) is 19.7 Å². The monoisotopic (exact) mass is 298 g/mol. The van der Waals surface area contributed by atoms with Gasteiger partial charge in [0.25, 0.3) is 0 Å². The van der Waals surface area contributed by atoms with E-state index in [2.05, 4.69) is 16.8 Å². The number of carboxylic acids is 1. The number of rotatable bonds is 7. The molecule has 0 spiro atoms. The highest BCUT2D eigenvalue weighted by Gasteiger charge is 2.23. The number of carboxylic acid groups (broad SMARTS) is 1. The first-order valence-corrected chi connectivity index (χ1v) is 8.06. The number of ether oxygens (including phenoxy) is 1. The molecule has 1 fully saturated rings. The van der Waals surface area contributed by atoms with E-state index < -0.39 is 5.97 Å². The quantitative estimate of drug-likeness (QED) is 0.838. The number of anilines is 1. The average molecular weight is 298 g/mol. The highest BCUT2D eigenvalue weighted by atomic mass is 32.1. The van der Waals surface area contributed by atoms with E-state index in [0.29, 0.717) is 10.6 Å². The van der Waals surface area contributed by atoms with Crippen LogP contribution in [0.1, 0.15) is 48.5 Å². The smallest absolute Gasteiger partial charge is 0.347 e. The van der Waals surface area contributed by atoms with Gasteiger partial charge in [-0.3, -0.25) is 0 Å². The normalized spacial score (nSPS) is 18.4. The standard InChI is InChI=1S/C14H22N2O3S/c1-3-6-11-12(13(17)18)20-14(15-11)16(4-2)9-10-7-5-8-19-10/h10H,3-9H2,1-2H3,(H,17,18). The van der Waals surface area contributed by atoms with Crippen molar-refractivity contribution in [2.75, 3.05) is 24.6 Å². The van der Waals surface area contributed by atoms with E-state index in [0.717, 1.165) is 50.5 Å². The molecule has 5 nitrogen and oxygen atoms in total. The predicted octanol–water partition coefficient (Wildman–Crippen LogP) is 2.80. The molecule has 0 amide bonds. The summed E-state index contributed by atoms with van der Waals surface area (Å²) in [6, 6.07) is 0. The summed E-state index contributed by atoms with van der Waals surface area (Å²) in [4.78, 5) is 18.3.